The molecule has 1 aromatic heterocycles. The van der Waals surface area contributed by atoms with E-state index in [4.69, 9.17) is 4.74 Å². The third kappa shape index (κ3) is 4.22. The number of fused-ring (bicyclic) bond motifs is 3. The number of benzene rings is 2. The van der Waals surface area contributed by atoms with E-state index in [0.29, 0.717) is 25.1 Å². The van der Waals surface area contributed by atoms with Gasteiger partial charge >= 0.3 is 6.09 Å². The first kappa shape index (κ1) is 18.6. The Morgan fingerprint density at radius 3 is 2.45 bits per heavy atom. The van der Waals surface area contributed by atoms with E-state index >= 15 is 0 Å². The monoisotopic (exact) mass is 384 g/mol. The van der Waals surface area contributed by atoms with Crippen molar-refractivity contribution in [3.63, 3.8) is 0 Å². The first-order valence-electron chi connectivity index (χ1n) is 9.44. The van der Waals surface area contributed by atoms with Crippen LogP contribution in [0.15, 0.2) is 67.0 Å². The third-order valence-electron chi connectivity index (χ3n) is 4.82. The molecule has 0 radical (unpaired) electrons. The molecule has 5 nitrogen and oxygen atoms in total. The Bertz CT molecular complexity index is 1050. The van der Waals surface area contributed by atoms with Crippen LogP contribution in [0.25, 0.3) is 11.1 Å². The molecule has 1 aliphatic carbocycles. The second kappa shape index (κ2) is 8.49. The smallest absolute Gasteiger partial charge is 0.407 e. The minimum Gasteiger partial charge on any atom is -0.506 e. The number of alkyl carbamates (subject to hydrolysis) is 1. The van der Waals surface area contributed by atoms with Crippen molar-refractivity contribution in [2.24, 2.45) is 0 Å². The normalized spacial score (nSPS) is 11.7. The second-order valence-electron chi connectivity index (χ2n) is 6.74. The summed E-state index contributed by atoms with van der Waals surface area (Å²) < 4.78 is 5.48. The lowest BCUT2D eigenvalue weighted by Crippen LogP contribution is -2.26. The maximum Gasteiger partial charge on any atom is 0.407 e. The molecule has 0 bridgehead atoms. The quantitative estimate of drug-likeness (QED) is 0.525. The number of aromatic hydroxyl groups is 1. The molecular formula is C24H20N2O3. The van der Waals surface area contributed by atoms with Crippen LogP contribution in [0.4, 0.5) is 4.79 Å². The first-order chi connectivity index (χ1) is 14.2. The van der Waals surface area contributed by atoms with E-state index in [1.54, 1.807) is 12.3 Å². The molecule has 0 fully saturated rings. The van der Waals surface area contributed by atoms with Crippen LogP contribution in [0.5, 0.6) is 5.75 Å². The van der Waals surface area contributed by atoms with E-state index < -0.39 is 6.09 Å². The van der Waals surface area contributed by atoms with Crippen LogP contribution in [0.1, 0.15) is 29.0 Å². The zero-order valence-electron chi connectivity index (χ0n) is 15.8. The Kier molecular flexibility index (Phi) is 5.44. The van der Waals surface area contributed by atoms with Crippen LogP contribution in [-0.4, -0.2) is 29.3 Å². The van der Waals surface area contributed by atoms with Crippen molar-refractivity contribution in [3.05, 3.63) is 83.7 Å². The van der Waals surface area contributed by atoms with Gasteiger partial charge in [0, 0.05) is 30.6 Å². The molecule has 2 aromatic carbocycles. The summed E-state index contributed by atoms with van der Waals surface area (Å²) in [7, 11) is 0. The number of pyridine rings is 1. The number of amides is 1. The summed E-state index contributed by atoms with van der Waals surface area (Å²) in [4.78, 5) is 15.9. The van der Waals surface area contributed by atoms with Gasteiger partial charge in [-0.1, -0.05) is 60.4 Å². The summed E-state index contributed by atoms with van der Waals surface area (Å²) in [6, 6.07) is 18.0. The zero-order valence-corrected chi connectivity index (χ0v) is 15.8. The number of hydrogen-bond acceptors (Lipinski definition) is 4. The number of hydrogen-bond donors (Lipinski definition) is 2. The molecule has 144 valence electrons. The van der Waals surface area contributed by atoms with Crippen molar-refractivity contribution in [2.75, 3.05) is 13.2 Å². The van der Waals surface area contributed by atoms with Crippen LogP contribution in [0.3, 0.4) is 0 Å². The minimum atomic E-state index is -0.451. The highest BCUT2D eigenvalue weighted by molar-refractivity contribution is 5.79. The standard InChI is InChI=1S/C24H20N2O3/c27-18-13-17(14-25-15-18)7-5-6-12-26-24(28)29-16-23-21-10-3-1-8-19(21)20-9-2-4-11-22(20)23/h1-4,8-11,13-15,23,27H,6,12,16H2,(H,26,28). The average Bonchev–Trinajstić information content (AvgIpc) is 3.06. The molecule has 0 spiro atoms. The lowest BCUT2D eigenvalue weighted by Gasteiger charge is -2.14. The van der Waals surface area contributed by atoms with Gasteiger partial charge in [0.2, 0.25) is 0 Å². The van der Waals surface area contributed by atoms with E-state index in [-0.39, 0.29) is 11.7 Å². The van der Waals surface area contributed by atoms with Gasteiger partial charge in [-0.2, -0.15) is 0 Å². The first-order valence-corrected chi connectivity index (χ1v) is 9.44. The maximum absolute atomic E-state index is 12.1. The number of carbonyl (C=O) groups is 1. The van der Waals surface area contributed by atoms with Gasteiger partial charge in [-0.25, -0.2) is 4.79 Å². The van der Waals surface area contributed by atoms with Crippen LogP contribution < -0.4 is 5.32 Å². The minimum absolute atomic E-state index is 0.0474. The molecule has 0 aliphatic heterocycles. The Balaban J connectivity index is 1.29. The summed E-state index contributed by atoms with van der Waals surface area (Å²) in [6.45, 7) is 0.677. The number of rotatable bonds is 4. The summed E-state index contributed by atoms with van der Waals surface area (Å²) in [5.41, 5.74) is 5.41. The van der Waals surface area contributed by atoms with Crippen molar-refractivity contribution in [1.82, 2.24) is 10.3 Å². The Labute approximate surface area is 169 Å². The Morgan fingerprint density at radius 1 is 1.07 bits per heavy atom. The fourth-order valence-electron chi connectivity index (χ4n) is 3.54. The summed E-state index contributed by atoms with van der Waals surface area (Å²) in [5.74, 6) is 5.95. The molecule has 1 heterocycles. The molecule has 1 amide bonds. The predicted molar refractivity (Wildman–Crippen MR) is 110 cm³/mol. The topological polar surface area (TPSA) is 71.5 Å². The van der Waals surface area contributed by atoms with Crippen molar-refractivity contribution in [2.45, 2.75) is 12.3 Å². The molecule has 0 saturated heterocycles. The fourth-order valence-corrected chi connectivity index (χ4v) is 3.54. The van der Waals surface area contributed by atoms with Crippen molar-refractivity contribution in [1.29, 1.82) is 0 Å². The number of carbonyl (C=O) groups excluding carboxylic acids is 1. The predicted octanol–water partition coefficient (Wildman–Crippen LogP) is 4.07. The molecule has 29 heavy (non-hydrogen) atoms. The zero-order chi connectivity index (χ0) is 20.1. The molecule has 0 unspecified atom stereocenters. The SMILES string of the molecule is O=C(NCCC#Cc1cncc(O)c1)OCC1c2ccccc2-c2ccccc21. The highest BCUT2D eigenvalue weighted by Crippen LogP contribution is 2.44. The number of ether oxygens (including phenoxy) is 1. The lowest BCUT2D eigenvalue weighted by atomic mass is 9.98. The van der Waals surface area contributed by atoms with Crippen LogP contribution in [0.2, 0.25) is 0 Å². The highest BCUT2D eigenvalue weighted by atomic mass is 16.5. The number of aromatic nitrogens is 1. The molecule has 1 aliphatic rings. The Morgan fingerprint density at radius 2 is 1.76 bits per heavy atom. The van der Waals surface area contributed by atoms with Gasteiger partial charge in [-0.3, -0.25) is 4.98 Å². The van der Waals surface area contributed by atoms with Gasteiger partial charge in [0.1, 0.15) is 12.4 Å². The van der Waals surface area contributed by atoms with E-state index in [1.807, 2.05) is 24.3 Å². The van der Waals surface area contributed by atoms with E-state index in [0.717, 1.165) is 0 Å². The summed E-state index contributed by atoms with van der Waals surface area (Å²) in [6.07, 6.45) is 2.95. The third-order valence-corrected chi connectivity index (χ3v) is 4.82. The Hall–Kier alpha value is -3.78. The van der Waals surface area contributed by atoms with E-state index in [1.165, 1.54) is 28.5 Å². The van der Waals surface area contributed by atoms with E-state index in [2.05, 4.69) is 46.4 Å². The van der Waals surface area contributed by atoms with Crippen LogP contribution in [0, 0.1) is 11.8 Å². The van der Waals surface area contributed by atoms with Gasteiger partial charge in [-0.05, 0) is 28.3 Å². The van der Waals surface area contributed by atoms with Crippen molar-refractivity contribution in [3.8, 4) is 28.7 Å². The molecule has 5 heteroatoms. The van der Waals surface area contributed by atoms with Crippen molar-refractivity contribution < 1.29 is 14.6 Å². The second-order valence-corrected chi connectivity index (χ2v) is 6.74. The highest BCUT2D eigenvalue weighted by Gasteiger charge is 2.28. The molecule has 0 saturated carbocycles. The number of nitrogens with zero attached hydrogens (tertiary/aromatic N) is 1. The summed E-state index contributed by atoms with van der Waals surface area (Å²) in [5, 5.41) is 12.1. The lowest BCUT2D eigenvalue weighted by molar-refractivity contribution is 0.143. The van der Waals surface area contributed by atoms with E-state index in [9.17, 15) is 9.90 Å². The van der Waals surface area contributed by atoms with Crippen LogP contribution in [-0.2, 0) is 4.74 Å². The molecule has 4 rings (SSSR count). The maximum atomic E-state index is 12.1. The molecule has 0 atom stereocenters. The van der Waals surface area contributed by atoms with Crippen LogP contribution >= 0.6 is 0 Å². The van der Waals surface area contributed by atoms with Gasteiger partial charge in [0.15, 0.2) is 0 Å². The average molecular weight is 384 g/mol. The van der Waals surface area contributed by atoms with Gasteiger partial charge in [-0.15, -0.1) is 0 Å². The van der Waals surface area contributed by atoms with Gasteiger partial charge in [0.25, 0.3) is 0 Å². The molecule has 2 N–H and O–H groups in total. The number of nitrogens with one attached hydrogen (secondary N) is 1. The molecule has 3 aromatic rings. The van der Waals surface area contributed by atoms with Crippen molar-refractivity contribution >= 4 is 6.09 Å². The summed E-state index contributed by atoms with van der Waals surface area (Å²) >= 11 is 0. The molecular weight excluding hydrogens is 364 g/mol. The van der Waals surface area contributed by atoms with Gasteiger partial charge in [0.05, 0.1) is 6.20 Å². The fraction of sp³-hybridized carbons (Fsp3) is 0.167. The largest absolute Gasteiger partial charge is 0.506 e. The van der Waals surface area contributed by atoms with Gasteiger partial charge < -0.3 is 15.2 Å².